The van der Waals surface area contributed by atoms with E-state index in [1.54, 1.807) is 12.0 Å². The molecule has 2 aliphatic carbocycles. The maximum atomic E-state index is 13.7. The standard InChI is InChI=1S/C22H24N2O3/c1-27-21(14-8-3-9-15-21)24-19(26)20(12-6-2-7-13-20)22(24)16-10-4-5-11-17(16)23-18(22)25/h3-5,8-11,14H,2,6-7,12-13,15H2,1H3,(H,23,25). The highest BCUT2D eigenvalue weighted by Crippen LogP contribution is 2.67. The Hall–Kier alpha value is -2.40. The highest BCUT2D eigenvalue weighted by atomic mass is 16.5. The second-order valence-electron chi connectivity index (χ2n) is 8.03. The number of anilines is 1. The van der Waals surface area contributed by atoms with Crippen molar-refractivity contribution in [3.05, 3.63) is 54.1 Å². The molecule has 1 N–H and O–H groups in total. The first-order valence-corrected chi connectivity index (χ1v) is 9.78. The fraction of sp³-hybridized carbons (Fsp3) is 0.455. The first-order valence-electron chi connectivity index (χ1n) is 9.78. The zero-order valence-corrected chi connectivity index (χ0v) is 15.5. The molecule has 0 aromatic heterocycles. The number of para-hydroxylation sites is 1. The minimum atomic E-state index is -0.993. The van der Waals surface area contributed by atoms with Crippen molar-refractivity contribution in [1.29, 1.82) is 0 Å². The van der Waals surface area contributed by atoms with Gasteiger partial charge in [-0.25, -0.2) is 0 Å². The van der Waals surface area contributed by atoms with Crippen molar-refractivity contribution in [3.8, 4) is 0 Å². The number of methoxy groups -OCH3 is 1. The predicted octanol–water partition coefficient (Wildman–Crippen LogP) is 3.49. The number of β-lactam (4-membered cyclic amide) rings is 1. The molecule has 0 radical (unpaired) electrons. The van der Waals surface area contributed by atoms with Crippen LogP contribution in [-0.2, 0) is 19.9 Å². The number of ether oxygens (including phenoxy) is 1. The van der Waals surface area contributed by atoms with E-state index in [4.69, 9.17) is 4.74 Å². The Kier molecular flexibility index (Phi) is 3.44. The van der Waals surface area contributed by atoms with Gasteiger partial charge >= 0.3 is 0 Å². The lowest BCUT2D eigenvalue weighted by Crippen LogP contribution is -2.83. The first-order chi connectivity index (χ1) is 13.1. The molecule has 5 nitrogen and oxygen atoms in total. The molecular weight excluding hydrogens is 340 g/mol. The minimum Gasteiger partial charge on any atom is -0.355 e. The average Bonchev–Trinajstić information content (AvgIpc) is 3.03. The van der Waals surface area contributed by atoms with Crippen LogP contribution >= 0.6 is 0 Å². The molecule has 2 fully saturated rings. The molecule has 1 aromatic rings. The van der Waals surface area contributed by atoms with E-state index < -0.39 is 16.7 Å². The molecule has 140 valence electrons. The number of carbonyl (C=O) groups excluding carboxylic acids is 2. The number of amides is 2. The van der Waals surface area contributed by atoms with Crippen molar-refractivity contribution >= 4 is 17.5 Å². The maximum Gasteiger partial charge on any atom is 0.256 e. The molecule has 2 unspecified atom stereocenters. The highest BCUT2D eigenvalue weighted by Gasteiger charge is 2.80. The normalized spacial score (nSPS) is 33.3. The number of rotatable bonds is 2. The first kappa shape index (κ1) is 16.8. The van der Waals surface area contributed by atoms with Crippen LogP contribution in [-0.4, -0.2) is 29.5 Å². The van der Waals surface area contributed by atoms with E-state index in [0.717, 1.165) is 43.4 Å². The Bertz CT molecular complexity index is 883. The number of fused-ring (bicyclic) bond motifs is 3. The number of benzene rings is 1. The molecule has 2 aliphatic heterocycles. The number of hydrogen-bond acceptors (Lipinski definition) is 3. The number of likely N-dealkylation sites (tertiary alicyclic amines) is 1. The van der Waals surface area contributed by atoms with E-state index >= 15 is 0 Å². The van der Waals surface area contributed by atoms with Gasteiger partial charge in [0.15, 0.2) is 11.3 Å². The highest BCUT2D eigenvalue weighted by molar-refractivity contribution is 6.16. The average molecular weight is 364 g/mol. The van der Waals surface area contributed by atoms with Gasteiger partial charge in [-0.15, -0.1) is 0 Å². The van der Waals surface area contributed by atoms with Crippen molar-refractivity contribution in [2.45, 2.75) is 49.8 Å². The van der Waals surface area contributed by atoms with E-state index in [1.165, 1.54) is 0 Å². The summed E-state index contributed by atoms with van der Waals surface area (Å²) in [5, 5.41) is 3.06. The third-order valence-electron chi connectivity index (χ3n) is 6.99. The van der Waals surface area contributed by atoms with Gasteiger partial charge in [0.2, 0.25) is 5.91 Å². The van der Waals surface area contributed by atoms with Gasteiger partial charge in [-0.3, -0.25) is 14.5 Å². The van der Waals surface area contributed by atoms with Crippen LogP contribution in [0.4, 0.5) is 5.69 Å². The lowest BCUT2D eigenvalue weighted by atomic mass is 9.51. The van der Waals surface area contributed by atoms with Crippen molar-refractivity contribution in [2.75, 3.05) is 12.4 Å². The van der Waals surface area contributed by atoms with Crippen LogP contribution in [0.2, 0.25) is 0 Å². The fourth-order valence-corrected chi connectivity index (χ4v) is 5.81. The molecule has 1 saturated heterocycles. The van der Waals surface area contributed by atoms with Crippen LogP contribution in [0.3, 0.4) is 0 Å². The number of nitrogens with one attached hydrogen (secondary N) is 1. The van der Waals surface area contributed by atoms with Gasteiger partial charge in [-0.1, -0.05) is 55.7 Å². The summed E-state index contributed by atoms with van der Waals surface area (Å²) in [7, 11) is 1.62. The summed E-state index contributed by atoms with van der Waals surface area (Å²) in [4.78, 5) is 29.0. The topological polar surface area (TPSA) is 58.6 Å². The van der Waals surface area contributed by atoms with Crippen LogP contribution in [0.25, 0.3) is 0 Å². The Morgan fingerprint density at radius 3 is 2.56 bits per heavy atom. The number of nitrogens with zero attached hydrogens (tertiary/aromatic N) is 1. The van der Waals surface area contributed by atoms with E-state index in [9.17, 15) is 9.59 Å². The largest absolute Gasteiger partial charge is 0.355 e. The minimum absolute atomic E-state index is 0.0517. The van der Waals surface area contributed by atoms with Crippen LogP contribution in [0, 0.1) is 5.41 Å². The van der Waals surface area contributed by atoms with Gasteiger partial charge < -0.3 is 10.1 Å². The van der Waals surface area contributed by atoms with E-state index in [0.29, 0.717) is 6.42 Å². The molecule has 2 atom stereocenters. The molecule has 2 spiro atoms. The quantitative estimate of drug-likeness (QED) is 0.818. The summed E-state index contributed by atoms with van der Waals surface area (Å²) in [5.41, 5.74) is -0.860. The van der Waals surface area contributed by atoms with Gasteiger partial charge in [0.25, 0.3) is 5.91 Å². The summed E-state index contributed by atoms with van der Waals surface area (Å²) in [5.74, 6) is -0.0413. The monoisotopic (exact) mass is 364 g/mol. The Morgan fingerprint density at radius 1 is 1.07 bits per heavy atom. The van der Waals surface area contributed by atoms with Crippen LogP contribution in [0.15, 0.2) is 48.6 Å². The Balaban J connectivity index is 1.75. The molecule has 5 rings (SSSR count). The van der Waals surface area contributed by atoms with Crippen molar-refractivity contribution < 1.29 is 14.3 Å². The number of carbonyl (C=O) groups is 2. The fourth-order valence-electron chi connectivity index (χ4n) is 5.81. The van der Waals surface area contributed by atoms with E-state index in [-0.39, 0.29) is 11.8 Å². The maximum absolute atomic E-state index is 13.7. The molecular formula is C22H24N2O3. The molecule has 5 heteroatoms. The van der Waals surface area contributed by atoms with Gasteiger partial charge in [0.05, 0.1) is 5.41 Å². The number of allylic oxidation sites excluding steroid dienone is 2. The second kappa shape index (κ2) is 5.55. The lowest BCUT2D eigenvalue weighted by Gasteiger charge is -2.67. The number of hydrogen-bond donors (Lipinski definition) is 1. The van der Waals surface area contributed by atoms with Crippen molar-refractivity contribution in [2.24, 2.45) is 5.41 Å². The molecule has 0 bridgehead atoms. The third-order valence-corrected chi connectivity index (χ3v) is 6.99. The van der Waals surface area contributed by atoms with Gasteiger partial charge in [-0.2, -0.15) is 0 Å². The lowest BCUT2D eigenvalue weighted by molar-refractivity contribution is -0.249. The van der Waals surface area contributed by atoms with Crippen molar-refractivity contribution in [3.63, 3.8) is 0 Å². The molecule has 2 heterocycles. The summed E-state index contributed by atoms with van der Waals surface area (Å²) in [6.07, 6.45) is 12.9. The Morgan fingerprint density at radius 2 is 1.85 bits per heavy atom. The molecule has 2 amide bonds. The van der Waals surface area contributed by atoms with Crippen LogP contribution in [0.1, 0.15) is 44.1 Å². The molecule has 27 heavy (non-hydrogen) atoms. The molecule has 1 saturated carbocycles. The summed E-state index contributed by atoms with van der Waals surface area (Å²) in [6, 6.07) is 7.80. The van der Waals surface area contributed by atoms with Crippen LogP contribution in [0.5, 0.6) is 0 Å². The van der Waals surface area contributed by atoms with E-state index in [1.807, 2.05) is 48.6 Å². The second-order valence-corrected chi connectivity index (χ2v) is 8.03. The van der Waals surface area contributed by atoms with E-state index in [2.05, 4.69) is 5.32 Å². The van der Waals surface area contributed by atoms with Crippen molar-refractivity contribution in [1.82, 2.24) is 4.90 Å². The third kappa shape index (κ3) is 1.78. The van der Waals surface area contributed by atoms with Gasteiger partial charge in [0, 0.05) is 24.8 Å². The Labute approximate surface area is 159 Å². The zero-order chi connectivity index (χ0) is 18.7. The summed E-state index contributed by atoms with van der Waals surface area (Å²) in [6.45, 7) is 0. The smallest absolute Gasteiger partial charge is 0.256 e. The molecule has 4 aliphatic rings. The SMILES string of the molecule is COC1(N2C(=O)C3(CCCCC3)C23C(=O)Nc2ccccc23)C=CC=CC1. The van der Waals surface area contributed by atoms with Crippen LogP contribution < -0.4 is 5.32 Å². The van der Waals surface area contributed by atoms with Gasteiger partial charge in [-0.05, 0) is 25.0 Å². The summed E-state index contributed by atoms with van der Waals surface area (Å²) < 4.78 is 5.92. The summed E-state index contributed by atoms with van der Waals surface area (Å²) >= 11 is 0. The molecule has 1 aromatic carbocycles. The predicted molar refractivity (Wildman–Crippen MR) is 102 cm³/mol. The van der Waals surface area contributed by atoms with Gasteiger partial charge in [0.1, 0.15) is 0 Å². The zero-order valence-electron chi connectivity index (χ0n) is 15.5.